The third-order valence-corrected chi connectivity index (χ3v) is 3.27. The van der Waals surface area contributed by atoms with Crippen LogP contribution in [-0.4, -0.2) is 27.6 Å². The lowest BCUT2D eigenvalue weighted by Crippen LogP contribution is -2.48. The molecule has 0 saturated carbocycles. The van der Waals surface area contributed by atoms with Gasteiger partial charge in [-0.05, 0) is 20.8 Å². The van der Waals surface area contributed by atoms with Crippen molar-refractivity contribution in [3.05, 3.63) is 16.1 Å². The maximum absolute atomic E-state index is 11.7. The number of carbonyl (C=O) groups is 2. The topological polar surface area (TPSA) is 91.3 Å². The van der Waals surface area contributed by atoms with Crippen molar-refractivity contribution in [3.63, 3.8) is 0 Å². The van der Waals surface area contributed by atoms with Gasteiger partial charge in [-0.15, -0.1) is 17.8 Å². The number of aromatic carboxylic acids is 1. The number of nitrogens with zero attached hydrogens (tertiary/aromatic N) is 1. The number of aromatic nitrogens is 1. The Morgan fingerprint density at radius 3 is 2.68 bits per heavy atom. The van der Waals surface area contributed by atoms with Gasteiger partial charge in [0.2, 0.25) is 0 Å². The summed E-state index contributed by atoms with van der Waals surface area (Å²) < 4.78 is 0. The van der Waals surface area contributed by atoms with Gasteiger partial charge in [0.1, 0.15) is 5.01 Å². The molecule has 19 heavy (non-hydrogen) atoms. The van der Waals surface area contributed by atoms with E-state index in [4.69, 9.17) is 11.5 Å². The van der Waals surface area contributed by atoms with Crippen molar-refractivity contribution in [2.24, 2.45) is 0 Å². The van der Waals surface area contributed by atoms with Crippen molar-refractivity contribution < 1.29 is 14.7 Å². The maximum atomic E-state index is 11.7. The predicted molar refractivity (Wildman–Crippen MR) is 72.1 cm³/mol. The number of hydrogen-bond acceptors (Lipinski definition) is 4. The number of carboxylic acids is 1. The van der Waals surface area contributed by atoms with Crippen molar-refractivity contribution >= 4 is 23.3 Å². The highest BCUT2D eigenvalue weighted by Crippen LogP contribution is 2.17. The van der Waals surface area contributed by atoms with E-state index in [-0.39, 0.29) is 5.69 Å². The highest BCUT2D eigenvalue weighted by molar-refractivity contribution is 7.09. The molecule has 0 bridgehead atoms. The summed E-state index contributed by atoms with van der Waals surface area (Å²) in [5.41, 5.74) is -0.781. The van der Waals surface area contributed by atoms with E-state index in [0.717, 1.165) is 0 Å². The van der Waals surface area contributed by atoms with E-state index >= 15 is 0 Å². The van der Waals surface area contributed by atoms with Gasteiger partial charge >= 0.3 is 12.0 Å². The highest BCUT2D eigenvalue weighted by atomic mass is 32.1. The molecule has 0 aliphatic heterocycles. The molecule has 0 fully saturated rings. The SMILES string of the molecule is C#CC(C)(C)NC(=O)NC(C)c1nc(C(=O)O)cs1. The molecular weight excluding hydrogens is 266 g/mol. The van der Waals surface area contributed by atoms with E-state index < -0.39 is 23.6 Å². The summed E-state index contributed by atoms with van der Waals surface area (Å²) in [6, 6.07) is -0.825. The number of urea groups is 1. The van der Waals surface area contributed by atoms with Gasteiger partial charge in [-0.1, -0.05) is 5.92 Å². The fourth-order valence-corrected chi connectivity index (χ4v) is 2.00. The van der Waals surface area contributed by atoms with Crippen molar-refractivity contribution in [1.29, 1.82) is 0 Å². The third kappa shape index (κ3) is 4.26. The van der Waals surface area contributed by atoms with Crippen LogP contribution in [0.15, 0.2) is 5.38 Å². The Hall–Kier alpha value is -2.07. The second kappa shape index (κ2) is 5.71. The zero-order valence-electron chi connectivity index (χ0n) is 10.9. The Balaban J connectivity index is 2.64. The zero-order valence-corrected chi connectivity index (χ0v) is 11.7. The van der Waals surface area contributed by atoms with Crippen LogP contribution in [-0.2, 0) is 0 Å². The van der Waals surface area contributed by atoms with Gasteiger partial charge in [-0.2, -0.15) is 0 Å². The second-order valence-electron chi connectivity index (χ2n) is 4.47. The summed E-state index contributed by atoms with van der Waals surface area (Å²) in [4.78, 5) is 26.3. The molecule has 1 aromatic rings. The first-order valence-corrected chi connectivity index (χ1v) is 6.38. The number of rotatable bonds is 4. The zero-order chi connectivity index (χ0) is 14.6. The molecule has 0 spiro atoms. The van der Waals surface area contributed by atoms with Crippen LogP contribution < -0.4 is 10.6 Å². The Morgan fingerprint density at radius 2 is 2.21 bits per heavy atom. The van der Waals surface area contributed by atoms with Crippen LogP contribution in [0.3, 0.4) is 0 Å². The van der Waals surface area contributed by atoms with Crippen LogP contribution in [0.4, 0.5) is 4.79 Å². The lowest BCUT2D eigenvalue weighted by molar-refractivity contribution is 0.0691. The van der Waals surface area contributed by atoms with Crippen molar-refractivity contribution in [2.75, 3.05) is 0 Å². The number of thiazole rings is 1. The molecule has 0 aliphatic rings. The number of terminal acetylenes is 1. The average Bonchev–Trinajstić information content (AvgIpc) is 2.77. The minimum atomic E-state index is -1.09. The highest BCUT2D eigenvalue weighted by Gasteiger charge is 2.20. The van der Waals surface area contributed by atoms with Crippen LogP contribution >= 0.6 is 11.3 Å². The first-order valence-electron chi connectivity index (χ1n) is 5.50. The van der Waals surface area contributed by atoms with Crippen molar-refractivity contribution in [1.82, 2.24) is 15.6 Å². The first kappa shape index (κ1) is 15.0. The molecule has 1 unspecified atom stereocenters. The summed E-state index contributed by atoms with van der Waals surface area (Å²) in [6.45, 7) is 5.11. The van der Waals surface area contributed by atoms with Crippen LogP contribution in [0.2, 0.25) is 0 Å². The lowest BCUT2D eigenvalue weighted by Gasteiger charge is -2.21. The van der Waals surface area contributed by atoms with E-state index in [1.807, 2.05) is 0 Å². The molecule has 1 rings (SSSR count). The predicted octanol–water partition coefficient (Wildman–Crippen LogP) is 1.61. The fraction of sp³-hybridized carbons (Fsp3) is 0.417. The lowest BCUT2D eigenvalue weighted by atomic mass is 10.1. The van der Waals surface area contributed by atoms with Gasteiger partial charge in [0.15, 0.2) is 5.69 Å². The molecular formula is C12H15N3O3S. The van der Waals surface area contributed by atoms with Crippen molar-refractivity contribution in [2.45, 2.75) is 32.4 Å². The third-order valence-electron chi connectivity index (χ3n) is 2.25. The molecule has 1 atom stereocenters. The molecule has 0 saturated heterocycles. The van der Waals surface area contributed by atoms with E-state index in [2.05, 4.69) is 21.5 Å². The van der Waals surface area contributed by atoms with Crippen molar-refractivity contribution in [3.8, 4) is 12.3 Å². The molecule has 2 amide bonds. The van der Waals surface area contributed by atoms with E-state index in [9.17, 15) is 9.59 Å². The van der Waals surface area contributed by atoms with Crippen LogP contribution in [0.5, 0.6) is 0 Å². The Labute approximate surface area is 115 Å². The summed E-state index contributed by atoms with van der Waals surface area (Å²) in [5.74, 6) is 1.35. The Morgan fingerprint density at radius 1 is 1.58 bits per heavy atom. The quantitative estimate of drug-likeness (QED) is 0.731. The number of carboxylic acid groups (broad SMARTS) is 1. The molecule has 1 aromatic heterocycles. The van der Waals surface area contributed by atoms with E-state index in [0.29, 0.717) is 5.01 Å². The van der Waals surface area contributed by atoms with Gasteiger partial charge in [-0.3, -0.25) is 0 Å². The van der Waals surface area contributed by atoms with Gasteiger partial charge in [0.05, 0.1) is 11.6 Å². The number of carbonyl (C=O) groups excluding carboxylic acids is 1. The second-order valence-corrected chi connectivity index (χ2v) is 5.36. The minimum Gasteiger partial charge on any atom is -0.476 e. The summed E-state index contributed by atoms with van der Waals surface area (Å²) >= 11 is 1.18. The van der Waals surface area contributed by atoms with Crippen LogP contribution in [0.1, 0.15) is 42.3 Å². The average molecular weight is 281 g/mol. The standard InChI is InChI=1S/C12H15N3O3S/c1-5-12(3,4)15-11(18)13-7(2)9-14-8(6-19-9)10(16)17/h1,6-7H,2-4H3,(H,16,17)(H2,13,15,18). The molecule has 102 valence electrons. The summed E-state index contributed by atoms with van der Waals surface area (Å²) in [6.07, 6.45) is 5.27. The van der Waals surface area contributed by atoms with Gasteiger partial charge in [-0.25, -0.2) is 14.6 Å². The molecule has 6 nitrogen and oxygen atoms in total. The van der Waals surface area contributed by atoms with Gasteiger partial charge < -0.3 is 15.7 Å². The normalized spacial score (nSPS) is 12.3. The first-order chi connectivity index (χ1) is 8.75. The summed E-state index contributed by atoms with van der Waals surface area (Å²) in [7, 11) is 0. The Bertz CT molecular complexity index is 531. The largest absolute Gasteiger partial charge is 0.476 e. The number of hydrogen-bond donors (Lipinski definition) is 3. The molecule has 0 radical (unpaired) electrons. The number of amides is 2. The molecule has 7 heteroatoms. The molecule has 0 aliphatic carbocycles. The molecule has 3 N–H and O–H groups in total. The molecule has 1 heterocycles. The maximum Gasteiger partial charge on any atom is 0.355 e. The van der Waals surface area contributed by atoms with Gasteiger partial charge in [0.25, 0.3) is 0 Å². The Kier molecular flexibility index (Phi) is 4.51. The van der Waals surface area contributed by atoms with E-state index in [1.54, 1.807) is 20.8 Å². The molecule has 0 aromatic carbocycles. The van der Waals surface area contributed by atoms with Crippen LogP contribution in [0, 0.1) is 12.3 Å². The van der Waals surface area contributed by atoms with E-state index in [1.165, 1.54) is 16.7 Å². The minimum absolute atomic E-state index is 0.0296. The smallest absolute Gasteiger partial charge is 0.355 e. The number of nitrogens with one attached hydrogen (secondary N) is 2. The summed E-state index contributed by atoms with van der Waals surface area (Å²) in [5, 5.41) is 16.0. The van der Waals surface area contributed by atoms with Crippen LogP contribution in [0.25, 0.3) is 0 Å². The van der Waals surface area contributed by atoms with Gasteiger partial charge in [0, 0.05) is 5.38 Å². The fourth-order valence-electron chi connectivity index (χ4n) is 1.20. The monoisotopic (exact) mass is 281 g/mol.